The molecule has 80 valence electrons. The van der Waals surface area contributed by atoms with Gasteiger partial charge in [-0.1, -0.05) is 71.4 Å². The smallest absolute Gasteiger partial charge is 0.0235 e. The SMILES string of the molecule is C1=CCC(C(C2=CC=CC2)C2=CC=CC2)=C1. The van der Waals surface area contributed by atoms with Gasteiger partial charge in [-0.3, -0.25) is 0 Å². The van der Waals surface area contributed by atoms with E-state index in [1.54, 1.807) is 16.7 Å². The highest BCUT2D eigenvalue weighted by Crippen LogP contribution is 2.38. The van der Waals surface area contributed by atoms with Crippen LogP contribution in [0.25, 0.3) is 0 Å². The monoisotopic (exact) mass is 208 g/mol. The minimum absolute atomic E-state index is 0.556. The van der Waals surface area contributed by atoms with E-state index in [2.05, 4.69) is 54.7 Å². The second-order valence-corrected chi connectivity index (χ2v) is 4.55. The Balaban J connectivity index is 1.89. The molecule has 0 saturated heterocycles. The fourth-order valence-corrected chi connectivity index (χ4v) is 2.75. The Kier molecular flexibility index (Phi) is 2.49. The molecule has 0 aromatic rings. The van der Waals surface area contributed by atoms with Crippen LogP contribution in [0.4, 0.5) is 0 Å². The molecule has 0 radical (unpaired) electrons. The van der Waals surface area contributed by atoms with Crippen LogP contribution in [0.5, 0.6) is 0 Å². The number of rotatable bonds is 3. The average molecular weight is 208 g/mol. The molecule has 3 aliphatic carbocycles. The van der Waals surface area contributed by atoms with Crippen LogP contribution in [0.1, 0.15) is 19.3 Å². The van der Waals surface area contributed by atoms with Gasteiger partial charge in [-0.25, -0.2) is 0 Å². The van der Waals surface area contributed by atoms with Crippen LogP contribution >= 0.6 is 0 Å². The first-order valence-electron chi connectivity index (χ1n) is 6.02. The highest BCUT2D eigenvalue weighted by atomic mass is 14.3. The van der Waals surface area contributed by atoms with Gasteiger partial charge in [0.2, 0.25) is 0 Å². The van der Waals surface area contributed by atoms with E-state index in [-0.39, 0.29) is 0 Å². The third kappa shape index (κ3) is 1.65. The van der Waals surface area contributed by atoms with Crippen molar-refractivity contribution >= 4 is 0 Å². The van der Waals surface area contributed by atoms with Crippen molar-refractivity contribution < 1.29 is 0 Å². The van der Waals surface area contributed by atoms with Crippen LogP contribution in [0.15, 0.2) is 71.4 Å². The molecule has 0 unspecified atom stereocenters. The Morgan fingerprint density at radius 3 is 1.25 bits per heavy atom. The van der Waals surface area contributed by atoms with Crippen LogP contribution in [0.2, 0.25) is 0 Å². The highest BCUT2D eigenvalue weighted by molar-refractivity contribution is 5.45. The molecule has 0 amide bonds. The molecule has 0 atom stereocenters. The molecule has 16 heavy (non-hydrogen) atoms. The van der Waals surface area contributed by atoms with Crippen molar-refractivity contribution in [3.8, 4) is 0 Å². The fraction of sp³-hybridized carbons (Fsp3) is 0.250. The first-order chi connectivity index (χ1) is 7.95. The van der Waals surface area contributed by atoms with Crippen molar-refractivity contribution in [1.29, 1.82) is 0 Å². The lowest BCUT2D eigenvalue weighted by atomic mass is 9.82. The number of allylic oxidation sites excluding steroid dienone is 12. The highest BCUT2D eigenvalue weighted by Gasteiger charge is 2.23. The first kappa shape index (κ1) is 9.65. The Hall–Kier alpha value is -1.56. The summed E-state index contributed by atoms with van der Waals surface area (Å²) in [5, 5.41) is 0. The van der Waals surface area contributed by atoms with Crippen molar-refractivity contribution in [2.75, 3.05) is 0 Å². The topological polar surface area (TPSA) is 0 Å². The van der Waals surface area contributed by atoms with Crippen LogP contribution in [0, 0.1) is 5.92 Å². The molecule has 0 aromatic heterocycles. The standard InChI is InChI=1S/C16H16/c1-2-8-13(7-1)16(14-9-3-4-10-14)15-11-5-6-12-15/h1-7,9,11,16H,8,10,12H2. The average Bonchev–Trinajstić information content (AvgIpc) is 3.02. The summed E-state index contributed by atoms with van der Waals surface area (Å²) < 4.78 is 0. The van der Waals surface area contributed by atoms with Gasteiger partial charge in [-0.2, -0.15) is 0 Å². The normalized spacial score (nSPS) is 21.9. The molecule has 0 bridgehead atoms. The van der Waals surface area contributed by atoms with E-state index in [1.807, 2.05) is 0 Å². The van der Waals surface area contributed by atoms with Gasteiger partial charge < -0.3 is 0 Å². The van der Waals surface area contributed by atoms with Crippen molar-refractivity contribution in [3.63, 3.8) is 0 Å². The lowest BCUT2D eigenvalue weighted by molar-refractivity contribution is 0.780. The molecule has 0 saturated carbocycles. The van der Waals surface area contributed by atoms with Crippen molar-refractivity contribution in [2.45, 2.75) is 19.3 Å². The zero-order valence-corrected chi connectivity index (χ0v) is 9.39. The molecular formula is C16H16. The van der Waals surface area contributed by atoms with Gasteiger partial charge in [0.1, 0.15) is 0 Å². The lowest BCUT2D eigenvalue weighted by Crippen LogP contribution is -2.08. The predicted octanol–water partition coefficient (Wildman–Crippen LogP) is 4.26. The summed E-state index contributed by atoms with van der Waals surface area (Å²) in [5.74, 6) is 0.556. The summed E-state index contributed by atoms with van der Waals surface area (Å²) in [7, 11) is 0. The van der Waals surface area contributed by atoms with E-state index >= 15 is 0 Å². The number of hydrogen-bond acceptors (Lipinski definition) is 0. The summed E-state index contributed by atoms with van der Waals surface area (Å²) in [5.41, 5.74) is 4.68. The Morgan fingerprint density at radius 2 is 1.00 bits per heavy atom. The summed E-state index contributed by atoms with van der Waals surface area (Å²) in [6, 6.07) is 0. The van der Waals surface area contributed by atoms with Gasteiger partial charge in [-0.15, -0.1) is 0 Å². The van der Waals surface area contributed by atoms with Crippen LogP contribution in [0.3, 0.4) is 0 Å². The molecule has 3 aliphatic rings. The number of hydrogen-bond donors (Lipinski definition) is 0. The van der Waals surface area contributed by atoms with Crippen LogP contribution in [-0.4, -0.2) is 0 Å². The van der Waals surface area contributed by atoms with E-state index in [4.69, 9.17) is 0 Å². The maximum atomic E-state index is 2.29. The van der Waals surface area contributed by atoms with Gasteiger partial charge in [-0.05, 0) is 19.3 Å². The van der Waals surface area contributed by atoms with Crippen LogP contribution in [-0.2, 0) is 0 Å². The third-order valence-electron chi connectivity index (χ3n) is 3.51. The summed E-state index contributed by atoms with van der Waals surface area (Å²) in [6.45, 7) is 0. The minimum Gasteiger partial charge on any atom is -0.0804 e. The largest absolute Gasteiger partial charge is 0.0804 e. The molecule has 0 nitrogen and oxygen atoms in total. The summed E-state index contributed by atoms with van der Waals surface area (Å²) >= 11 is 0. The lowest BCUT2D eigenvalue weighted by Gasteiger charge is -2.22. The van der Waals surface area contributed by atoms with Gasteiger partial charge in [0.15, 0.2) is 0 Å². The predicted molar refractivity (Wildman–Crippen MR) is 69.0 cm³/mol. The summed E-state index contributed by atoms with van der Waals surface area (Å²) in [6.07, 6.45) is 23.6. The molecular weight excluding hydrogens is 192 g/mol. The van der Waals surface area contributed by atoms with Crippen LogP contribution < -0.4 is 0 Å². The maximum Gasteiger partial charge on any atom is 0.0235 e. The van der Waals surface area contributed by atoms with E-state index in [0.717, 1.165) is 19.3 Å². The molecule has 0 heteroatoms. The Labute approximate surface area is 97.1 Å². The van der Waals surface area contributed by atoms with E-state index < -0.39 is 0 Å². The fourth-order valence-electron chi connectivity index (χ4n) is 2.75. The summed E-state index contributed by atoms with van der Waals surface area (Å²) in [4.78, 5) is 0. The zero-order chi connectivity index (χ0) is 10.8. The molecule has 0 heterocycles. The molecule has 0 fully saturated rings. The van der Waals surface area contributed by atoms with Gasteiger partial charge in [0, 0.05) is 5.92 Å². The molecule has 3 rings (SSSR count). The Morgan fingerprint density at radius 1 is 0.625 bits per heavy atom. The molecule has 0 aliphatic heterocycles. The first-order valence-corrected chi connectivity index (χ1v) is 6.02. The minimum atomic E-state index is 0.556. The van der Waals surface area contributed by atoms with E-state index in [0.29, 0.717) is 5.92 Å². The third-order valence-corrected chi connectivity index (χ3v) is 3.51. The second-order valence-electron chi connectivity index (χ2n) is 4.55. The van der Waals surface area contributed by atoms with Gasteiger partial charge in [0.05, 0.1) is 0 Å². The van der Waals surface area contributed by atoms with Gasteiger partial charge >= 0.3 is 0 Å². The van der Waals surface area contributed by atoms with E-state index in [9.17, 15) is 0 Å². The quantitative estimate of drug-likeness (QED) is 0.650. The molecule has 0 spiro atoms. The Bertz CT molecular complexity index is 393. The van der Waals surface area contributed by atoms with E-state index in [1.165, 1.54) is 0 Å². The second kappa shape index (κ2) is 4.13. The molecule has 0 aromatic carbocycles. The van der Waals surface area contributed by atoms with Crippen molar-refractivity contribution in [1.82, 2.24) is 0 Å². The maximum absolute atomic E-state index is 2.29. The molecule has 0 N–H and O–H groups in total. The zero-order valence-electron chi connectivity index (χ0n) is 9.39. The van der Waals surface area contributed by atoms with Gasteiger partial charge in [0.25, 0.3) is 0 Å². The van der Waals surface area contributed by atoms with Crippen molar-refractivity contribution in [3.05, 3.63) is 71.4 Å². The van der Waals surface area contributed by atoms with Crippen molar-refractivity contribution in [2.24, 2.45) is 5.92 Å².